The number of aliphatic imine (C=N–C) groups is 1. The van der Waals surface area contributed by atoms with Gasteiger partial charge in [-0.1, -0.05) is 18.9 Å². The van der Waals surface area contributed by atoms with Crippen molar-refractivity contribution < 1.29 is 4.79 Å². The summed E-state index contributed by atoms with van der Waals surface area (Å²) in [6, 6.07) is 4.56. The number of rotatable bonds is 7. The summed E-state index contributed by atoms with van der Waals surface area (Å²) in [5.74, 6) is 1.65. The lowest BCUT2D eigenvalue weighted by Crippen LogP contribution is -2.45. The van der Waals surface area contributed by atoms with Crippen LogP contribution in [0.2, 0.25) is 0 Å². The maximum absolute atomic E-state index is 11.9. The van der Waals surface area contributed by atoms with E-state index in [1.165, 1.54) is 37.1 Å². The van der Waals surface area contributed by atoms with Crippen LogP contribution in [0.3, 0.4) is 0 Å². The largest absolute Gasteiger partial charge is 0.352 e. The van der Waals surface area contributed by atoms with E-state index in [9.17, 15) is 4.79 Å². The topological polar surface area (TPSA) is 60.0 Å². The molecule has 1 aromatic rings. The number of nitrogens with zero attached hydrogens (tertiary/aromatic N) is 3. The van der Waals surface area contributed by atoms with Crippen molar-refractivity contribution in [2.45, 2.75) is 44.7 Å². The van der Waals surface area contributed by atoms with Gasteiger partial charge in [0.05, 0.1) is 6.54 Å². The number of likely N-dealkylation sites (tertiary alicyclic amines) is 1. The Labute approximate surface area is 190 Å². The molecule has 8 heteroatoms. The zero-order valence-electron chi connectivity index (χ0n) is 17.0. The first-order chi connectivity index (χ1) is 13.1. The van der Waals surface area contributed by atoms with E-state index in [0.717, 1.165) is 37.9 Å². The molecule has 2 heterocycles. The lowest BCUT2D eigenvalue weighted by atomic mass is 10.1. The summed E-state index contributed by atoms with van der Waals surface area (Å²) in [5.41, 5.74) is 0. The Morgan fingerprint density at radius 2 is 2.11 bits per heavy atom. The molecule has 1 atom stereocenters. The summed E-state index contributed by atoms with van der Waals surface area (Å²) in [5, 5.41) is 9.03. The van der Waals surface area contributed by atoms with E-state index in [2.05, 4.69) is 38.0 Å². The Balaban J connectivity index is 0.00000280. The Hall–Kier alpha value is -0.870. The highest BCUT2D eigenvalue weighted by molar-refractivity contribution is 14.0. The number of hydrogen-bond donors (Lipinski definition) is 2. The van der Waals surface area contributed by atoms with Gasteiger partial charge in [-0.15, -0.1) is 35.3 Å². The molecular formula is C20H34IN5OS. The second-order valence-electron chi connectivity index (χ2n) is 7.93. The molecule has 3 rings (SSSR count). The first kappa shape index (κ1) is 23.4. The van der Waals surface area contributed by atoms with Crippen LogP contribution in [0, 0.1) is 5.92 Å². The van der Waals surface area contributed by atoms with Crippen LogP contribution in [-0.4, -0.2) is 68.0 Å². The molecule has 1 aromatic heterocycles. The average Bonchev–Trinajstić information content (AvgIpc) is 3.40. The fraction of sp³-hybridized carbons (Fsp3) is 0.700. The first-order valence-electron chi connectivity index (χ1n) is 10.1. The Kier molecular flexibility index (Phi) is 10.0. The molecule has 1 saturated heterocycles. The van der Waals surface area contributed by atoms with Gasteiger partial charge in [0.1, 0.15) is 6.54 Å². The molecule has 0 bridgehead atoms. The fourth-order valence-corrected chi connectivity index (χ4v) is 4.54. The monoisotopic (exact) mass is 519 g/mol. The summed E-state index contributed by atoms with van der Waals surface area (Å²) >= 11 is 1.73. The molecule has 1 aliphatic carbocycles. The van der Waals surface area contributed by atoms with Crippen LogP contribution in [0.25, 0.3) is 0 Å². The number of amides is 1. The van der Waals surface area contributed by atoms with Crippen molar-refractivity contribution in [3.05, 3.63) is 22.4 Å². The predicted molar refractivity (Wildman–Crippen MR) is 128 cm³/mol. The second kappa shape index (κ2) is 12.0. The molecule has 1 amide bonds. The van der Waals surface area contributed by atoms with Crippen LogP contribution in [0.5, 0.6) is 0 Å². The van der Waals surface area contributed by atoms with Gasteiger partial charge in [-0.25, -0.2) is 4.99 Å². The minimum atomic E-state index is 0. The molecule has 6 nitrogen and oxygen atoms in total. The third-order valence-electron chi connectivity index (χ3n) is 5.49. The van der Waals surface area contributed by atoms with Crippen molar-refractivity contribution in [1.82, 2.24) is 20.4 Å². The summed E-state index contributed by atoms with van der Waals surface area (Å²) < 4.78 is 0. The summed E-state index contributed by atoms with van der Waals surface area (Å²) in [7, 11) is 3.53. The van der Waals surface area contributed by atoms with Gasteiger partial charge in [-0.05, 0) is 36.6 Å². The van der Waals surface area contributed by atoms with Crippen molar-refractivity contribution in [2.75, 3.05) is 40.3 Å². The van der Waals surface area contributed by atoms with Crippen molar-refractivity contribution >= 4 is 47.2 Å². The molecular weight excluding hydrogens is 485 g/mol. The van der Waals surface area contributed by atoms with E-state index in [4.69, 9.17) is 0 Å². The third kappa shape index (κ3) is 7.51. The maximum atomic E-state index is 11.9. The second-order valence-corrected chi connectivity index (χ2v) is 8.96. The van der Waals surface area contributed by atoms with Crippen molar-refractivity contribution in [3.63, 3.8) is 0 Å². The molecule has 1 aliphatic heterocycles. The van der Waals surface area contributed by atoms with Crippen molar-refractivity contribution in [1.29, 1.82) is 0 Å². The molecule has 28 heavy (non-hydrogen) atoms. The molecule has 2 N–H and O–H groups in total. The van der Waals surface area contributed by atoms with Gasteiger partial charge in [-0.3, -0.25) is 4.79 Å². The van der Waals surface area contributed by atoms with Gasteiger partial charge in [0.15, 0.2) is 5.96 Å². The number of likely N-dealkylation sites (N-methyl/N-ethyl adjacent to an activating group) is 1. The summed E-state index contributed by atoms with van der Waals surface area (Å²) in [6.07, 6.45) is 6.74. The summed E-state index contributed by atoms with van der Waals surface area (Å²) in [6.45, 7) is 4.37. The van der Waals surface area contributed by atoms with Gasteiger partial charge in [0, 0.05) is 44.6 Å². The zero-order valence-corrected chi connectivity index (χ0v) is 20.2. The van der Waals surface area contributed by atoms with Gasteiger partial charge in [0.25, 0.3) is 0 Å². The van der Waals surface area contributed by atoms with Gasteiger partial charge in [0.2, 0.25) is 5.91 Å². The molecule has 0 aromatic carbocycles. The van der Waals surface area contributed by atoms with Gasteiger partial charge < -0.3 is 20.4 Å². The van der Waals surface area contributed by atoms with Crippen LogP contribution < -0.4 is 10.6 Å². The molecule has 1 unspecified atom stereocenters. The zero-order chi connectivity index (χ0) is 19.1. The minimum Gasteiger partial charge on any atom is -0.352 e. The average molecular weight is 519 g/mol. The Morgan fingerprint density at radius 1 is 1.32 bits per heavy atom. The van der Waals surface area contributed by atoms with Crippen LogP contribution in [0.1, 0.15) is 37.0 Å². The van der Waals surface area contributed by atoms with Crippen molar-refractivity contribution in [3.8, 4) is 0 Å². The normalized spacial score (nSPS) is 20.8. The molecule has 0 spiro atoms. The highest BCUT2D eigenvalue weighted by Gasteiger charge is 2.26. The van der Waals surface area contributed by atoms with Gasteiger partial charge in [-0.2, -0.15) is 0 Å². The standard InChI is InChI=1S/C20H33N5OS.HI/c1-24(2)19(26)13-22-20(21-12-18-8-5-11-27-18)23-17-9-10-25(15-17)14-16-6-3-4-7-16;/h5,8,11,16-17H,3-4,6-7,9-10,12-15H2,1-2H3,(H2,21,22,23);1H. The van der Waals surface area contributed by atoms with E-state index in [1.807, 2.05) is 0 Å². The van der Waals surface area contributed by atoms with E-state index in [-0.39, 0.29) is 36.4 Å². The molecule has 2 fully saturated rings. The van der Waals surface area contributed by atoms with Crippen molar-refractivity contribution in [2.24, 2.45) is 10.9 Å². The SMILES string of the molecule is CN(C)C(=O)CN=C(NCc1cccs1)NC1CCN(CC2CCCC2)C1.I. The summed E-state index contributed by atoms with van der Waals surface area (Å²) in [4.78, 5) is 21.9. The molecule has 2 aliphatic rings. The lowest BCUT2D eigenvalue weighted by Gasteiger charge is -2.21. The molecule has 158 valence electrons. The van der Waals surface area contributed by atoms with E-state index in [1.54, 1.807) is 30.3 Å². The smallest absolute Gasteiger partial charge is 0.243 e. The first-order valence-corrected chi connectivity index (χ1v) is 11.0. The van der Waals surface area contributed by atoms with Crippen LogP contribution >= 0.6 is 35.3 Å². The van der Waals surface area contributed by atoms with Gasteiger partial charge >= 0.3 is 0 Å². The maximum Gasteiger partial charge on any atom is 0.243 e. The van der Waals surface area contributed by atoms with E-state index < -0.39 is 0 Å². The Morgan fingerprint density at radius 3 is 2.79 bits per heavy atom. The van der Waals surface area contributed by atoms with Crippen LogP contribution in [0.15, 0.2) is 22.5 Å². The van der Waals surface area contributed by atoms with Crippen LogP contribution in [-0.2, 0) is 11.3 Å². The van der Waals surface area contributed by atoms with E-state index in [0.29, 0.717) is 6.04 Å². The number of hydrogen-bond acceptors (Lipinski definition) is 4. The third-order valence-corrected chi connectivity index (χ3v) is 6.36. The lowest BCUT2D eigenvalue weighted by molar-refractivity contribution is -0.127. The number of carbonyl (C=O) groups is 1. The number of halogens is 1. The highest BCUT2D eigenvalue weighted by atomic mass is 127. The fourth-order valence-electron chi connectivity index (χ4n) is 3.89. The number of guanidine groups is 1. The van der Waals surface area contributed by atoms with E-state index >= 15 is 0 Å². The molecule has 0 radical (unpaired) electrons. The minimum absolute atomic E-state index is 0. The number of nitrogens with one attached hydrogen (secondary N) is 2. The van der Waals surface area contributed by atoms with Crippen LogP contribution in [0.4, 0.5) is 0 Å². The highest BCUT2D eigenvalue weighted by Crippen LogP contribution is 2.26. The number of carbonyl (C=O) groups excluding carboxylic acids is 1. The number of thiophene rings is 1. The molecule has 1 saturated carbocycles. The predicted octanol–water partition coefficient (Wildman–Crippen LogP) is 2.75. The quantitative estimate of drug-likeness (QED) is 0.331. The Bertz CT molecular complexity index is 616.